The summed E-state index contributed by atoms with van der Waals surface area (Å²) in [6, 6.07) is 0. The molecule has 0 radical (unpaired) electrons. The molecule has 1 spiro atoms. The van der Waals surface area contributed by atoms with Crippen molar-refractivity contribution in [3.05, 3.63) is 0 Å². The Bertz CT molecular complexity index is 257. The van der Waals surface area contributed by atoms with Crippen LogP contribution in [0.25, 0.3) is 0 Å². The van der Waals surface area contributed by atoms with Crippen molar-refractivity contribution in [3.8, 4) is 0 Å². The van der Waals surface area contributed by atoms with Crippen molar-refractivity contribution in [1.82, 2.24) is 10.2 Å². The molecule has 0 bridgehead atoms. The van der Waals surface area contributed by atoms with Gasteiger partial charge in [-0.3, -0.25) is 0 Å². The molecule has 3 rings (SSSR count). The van der Waals surface area contributed by atoms with E-state index in [0.29, 0.717) is 5.54 Å². The largest absolute Gasteiger partial charge is 0.310 e. The summed E-state index contributed by atoms with van der Waals surface area (Å²) in [5.41, 5.74) is 0.484. The summed E-state index contributed by atoms with van der Waals surface area (Å²) in [6.07, 6.45) is 11.4. The first-order chi connectivity index (χ1) is 8.86. The molecule has 1 atom stereocenters. The van der Waals surface area contributed by atoms with Crippen LogP contribution in [-0.4, -0.2) is 47.6 Å². The van der Waals surface area contributed by atoms with Crippen LogP contribution in [0.4, 0.5) is 0 Å². The third-order valence-corrected chi connectivity index (χ3v) is 6.35. The van der Waals surface area contributed by atoms with Gasteiger partial charge in [-0.15, -0.1) is 0 Å². The molecule has 1 aliphatic carbocycles. The summed E-state index contributed by atoms with van der Waals surface area (Å²) in [6.45, 7) is 5.25. The fourth-order valence-electron chi connectivity index (χ4n) is 4.01. The highest BCUT2D eigenvalue weighted by Gasteiger charge is 2.35. The van der Waals surface area contributed by atoms with E-state index in [1.807, 2.05) is 0 Å². The molecular weight excluding hydrogens is 240 g/mol. The Balaban J connectivity index is 1.59. The molecule has 1 N–H and O–H groups in total. The lowest BCUT2D eigenvalue weighted by Gasteiger charge is -2.40. The van der Waals surface area contributed by atoms with E-state index in [1.165, 1.54) is 83.3 Å². The summed E-state index contributed by atoms with van der Waals surface area (Å²) < 4.78 is 0. The van der Waals surface area contributed by atoms with E-state index in [1.54, 1.807) is 0 Å². The SMILES string of the molecule is C1CCC2(CC1)CN(CC1CCCS1)CCCN2. The molecule has 1 unspecified atom stereocenters. The first-order valence-corrected chi connectivity index (χ1v) is 9.00. The van der Waals surface area contributed by atoms with Crippen LogP contribution in [0.1, 0.15) is 51.4 Å². The molecule has 0 aromatic heterocycles. The van der Waals surface area contributed by atoms with Crippen molar-refractivity contribution in [1.29, 1.82) is 0 Å². The topological polar surface area (TPSA) is 15.3 Å². The van der Waals surface area contributed by atoms with Crippen LogP contribution < -0.4 is 5.32 Å². The number of nitrogens with one attached hydrogen (secondary N) is 1. The lowest BCUT2D eigenvalue weighted by molar-refractivity contribution is 0.164. The zero-order valence-corrected chi connectivity index (χ0v) is 12.4. The zero-order chi connectivity index (χ0) is 12.3. The van der Waals surface area contributed by atoms with Crippen LogP contribution in [-0.2, 0) is 0 Å². The minimum absolute atomic E-state index is 0.484. The van der Waals surface area contributed by atoms with Gasteiger partial charge in [0, 0.05) is 23.9 Å². The lowest BCUT2D eigenvalue weighted by Crippen LogP contribution is -2.53. The smallest absolute Gasteiger partial charge is 0.0308 e. The molecule has 0 aromatic carbocycles. The van der Waals surface area contributed by atoms with Gasteiger partial charge in [0.2, 0.25) is 0 Å². The van der Waals surface area contributed by atoms with Crippen molar-refractivity contribution >= 4 is 11.8 Å². The van der Waals surface area contributed by atoms with Crippen molar-refractivity contribution in [2.24, 2.45) is 0 Å². The highest BCUT2D eigenvalue weighted by molar-refractivity contribution is 8.00. The van der Waals surface area contributed by atoms with E-state index in [4.69, 9.17) is 0 Å². The third-order valence-electron chi connectivity index (χ3n) is 4.97. The molecule has 18 heavy (non-hydrogen) atoms. The summed E-state index contributed by atoms with van der Waals surface area (Å²) in [5, 5.41) is 4.84. The Morgan fingerprint density at radius 3 is 2.78 bits per heavy atom. The molecule has 3 fully saturated rings. The highest BCUT2D eigenvalue weighted by Crippen LogP contribution is 2.32. The minimum atomic E-state index is 0.484. The summed E-state index contributed by atoms with van der Waals surface area (Å²) in [7, 11) is 0. The van der Waals surface area contributed by atoms with Gasteiger partial charge in [-0.2, -0.15) is 11.8 Å². The lowest BCUT2D eigenvalue weighted by atomic mass is 9.81. The van der Waals surface area contributed by atoms with Crippen LogP contribution in [0.3, 0.4) is 0 Å². The number of hydrogen-bond donors (Lipinski definition) is 1. The molecule has 0 amide bonds. The van der Waals surface area contributed by atoms with E-state index < -0.39 is 0 Å². The van der Waals surface area contributed by atoms with Gasteiger partial charge in [0.1, 0.15) is 0 Å². The van der Waals surface area contributed by atoms with Gasteiger partial charge in [0.05, 0.1) is 0 Å². The Kier molecular flexibility index (Phi) is 4.53. The van der Waals surface area contributed by atoms with E-state index in [9.17, 15) is 0 Å². The number of hydrogen-bond acceptors (Lipinski definition) is 3. The molecule has 104 valence electrons. The number of nitrogens with zero attached hydrogens (tertiary/aromatic N) is 1. The first-order valence-electron chi connectivity index (χ1n) is 7.95. The van der Waals surface area contributed by atoms with Gasteiger partial charge in [0.15, 0.2) is 0 Å². The van der Waals surface area contributed by atoms with Crippen LogP contribution in [0, 0.1) is 0 Å². The van der Waals surface area contributed by atoms with Crippen molar-refractivity contribution in [2.75, 3.05) is 31.9 Å². The quantitative estimate of drug-likeness (QED) is 0.829. The molecule has 2 aliphatic heterocycles. The molecule has 3 heteroatoms. The molecule has 2 nitrogen and oxygen atoms in total. The van der Waals surface area contributed by atoms with Crippen LogP contribution in [0.5, 0.6) is 0 Å². The van der Waals surface area contributed by atoms with E-state index in [0.717, 1.165) is 5.25 Å². The second kappa shape index (κ2) is 6.15. The van der Waals surface area contributed by atoms with Gasteiger partial charge >= 0.3 is 0 Å². The average Bonchev–Trinajstić information content (AvgIpc) is 2.81. The van der Waals surface area contributed by atoms with Crippen molar-refractivity contribution in [3.63, 3.8) is 0 Å². The van der Waals surface area contributed by atoms with Gasteiger partial charge in [0.25, 0.3) is 0 Å². The second-order valence-electron chi connectivity index (χ2n) is 6.49. The molecule has 0 aromatic rings. The molecule has 2 saturated heterocycles. The van der Waals surface area contributed by atoms with Gasteiger partial charge in [-0.1, -0.05) is 19.3 Å². The van der Waals surface area contributed by atoms with E-state index in [-0.39, 0.29) is 0 Å². The normalized spacial score (nSPS) is 33.7. The van der Waals surface area contributed by atoms with Crippen molar-refractivity contribution in [2.45, 2.75) is 62.2 Å². The van der Waals surface area contributed by atoms with E-state index >= 15 is 0 Å². The Labute approximate surface area is 116 Å². The van der Waals surface area contributed by atoms with E-state index in [2.05, 4.69) is 22.0 Å². The minimum Gasteiger partial charge on any atom is -0.310 e. The molecule has 1 saturated carbocycles. The van der Waals surface area contributed by atoms with Gasteiger partial charge in [-0.25, -0.2) is 0 Å². The highest BCUT2D eigenvalue weighted by atomic mass is 32.2. The maximum atomic E-state index is 3.90. The van der Waals surface area contributed by atoms with Crippen LogP contribution >= 0.6 is 11.8 Å². The van der Waals surface area contributed by atoms with Crippen molar-refractivity contribution < 1.29 is 0 Å². The number of thioether (sulfide) groups is 1. The second-order valence-corrected chi connectivity index (χ2v) is 7.90. The Morgan fingerprint density at radius 2 is 2.00 bits per heavy atom. The van der Waals surface area contributed by atoms with Crippen LogP contribution in [0.2, 0.25) is 0 Å². The Morgan fingerprint density at radius 1 is 1.11 bits per heavy atom. The molecular formula is C15H28N2S. The van der Waals surface area contributed by atoms with Crippen LogP contribution in [0.15, 0.2) is 0 Å². The standard InChI is InChI=1S/C15H28N2S/c1-2-7-15(8-3-1)13-17(10-5-9-16-15)12-14-6-4-11-18-14/h14,16H,1-13H2. The maximum Gasteiger partial charge on any atom is 0.0308 e. The monoisotopic (exact) mass is 268 g/mol. The summed E-state index contributed by atoms with van der Waals surface area (Å²) in [5.74, 6) is 1.40. The first kappa shape index (κ1) is 13.3. The Hall–Kier alpha value is 0.270. The van der Waals surface area contributed by atoms with Gasteiger partial charge < -0.3 is 10.2 Å². The molecule has 2 heterocycles. The zero-order valence-electron chi connectivity index (χ0n) is 11.6. The third kappa shape index (κ3) is 3.23. The molecule has 3 aliphatic rings. The predicted octanol–water partition coefficient (Wildman–Crippen LogP) is 2.88. The fourth-order valence-corrected chi connectivity index (χ4v) is 5.33. The number of rotatable bonds is 2. The maximum absolute atomic E-state index is 3.90. The van der Waals surface area contributed by atoms with Gasteiger partial charge in [-0.05, 0) is 50.9 Å². The summed E-state index contributed by atoms with van der Waals surface area (Å²) in [4.78, 5) is 2.79. The summed E-state index contributed by atoms with van der Waals surface area (Å²) >= 11 is 2.22. The average molecular weight is 268 g/mol. The fraction of sp³-hybridized carbons (Fsp3) is 1.00. The predicted molar refractivity (Wildman–Crippen MR) is 80.4 cm³/mol.